The topological polar surface area (TPSA) is 34.0 Å². The fourth-order valence-electron chi connectivity index (χ4n) is 2.33. The molecule has 0 aromatic carbocycles. The SMILES string of the molecule is O=C(Cc1cccs1)n1c(Br)cc2c1CCNC2. The van der Waals surface area contributed by atoms with E-state index in [1.165, 1.54) is 5.56 Å². The van der Waals surface area contributed by atoms with Gasteiger partial charge in [-0.3, -0.25) is 9.36 Å². The number of aromatic nitrogens is 1. The first-order chi connectivity index (χ1) is 8.75. The molecule has 0 spiro atoms. The van der Waals surface area contributed by atoms with E-state index in [9.17, 15) is 4.79 Å². The predicted molar refractivity (Wildman–Crippen MR) is 76.2 cm³/mol. The first kappa shape index (κ1) is 12.1. The molecular weight excluding hydrogens is 312 g/mol. The zero-order valence-corrected chi connectivity index (χ0v) is 12.2. The second-order valence-electron chi connectivity index (χ2n) is 4.35. The molecule has 2 aromatic rings. The molecule has 0 saturated carbocycles. The Morgan fingerprint density at radius 3 is 3.22 bits per heavy atom. The fraction of sp³-hybridized carbons (Fsp3) is 0.308. The first-order valence-corrected chi connectivity index (χ1v) is 7.58. The van der Waals surface area contributed by atoms with E-state index >= 15 is 0 Å². The number of nitrogens with one attached hydrogen (secondary N) is 1. The van der Waals surface area contributed by atoms with Crippen molar-refractivity contribution in [2.24, 2.45) is 0 Å². The molecule has 0 unspecified atom stereocenters. The van der Waals surface area contributed by atoms with Crippen LogP contribution in [-0.2, 0) is 19.4 Å². The summed E-state index contributed by atoms with van der Waals surface area (Å²) in [5.74, 6) is 0.146. The molecule has 0 aliphatic carbocycles. The monoisotopic (exact) mass is 324 g/mol. The van der Waals surface area contributed by atoms with Crippen molar-refractivity contribution in [3.63, 3.8) is 0 Å². The number of halogens is 1. The van der Waals surface area contributed by atoms with Crippen molar-refractivity contribution in [1.82, 2.24) is 9.88 Å². The van der Waals surface area contributed by atoms with E-state index in [1.54, 1.807) is 11.3 Å². The van der Waals surface area contributed by atoms with Gasteiger partial charge in [-0.05, 0) is 39.0 Å². The lowest BCUT2D eigenvalue weighted by molar-refractivity contribution is 0.0909. The van der Waals surface area contributed by atoms with Crippen LogP contribution in [0.4, 0.5) is 0 Å². The molecule has 94 valence electrons. The Hall–Kier alpha value is -0.910. The molecule has 0 atom stereocenters. The maximum absolute atomic E-state index is 12.4. The van der Waals surface area contributed by atoms with E-state index < -0.39 is 0 Å². The van der Waals surface area contributed by atoms with Gasteiger partial charge in [-0.15, -0.1) is 11.3 Å². The molecule has 0 radical (unpaired) electrons. The van der Waals surface area contributed by atoms with Crippen molar-refractivity contribution in [2.75, 3.05) is 6.54 Å². The summed E-state index contributed by atoms with van der Waals surface area (Å²) in [4.78, 5) is 13.5. The van der Waals surface area contributed by atoms with Crippen LogP contribution in [0.2, 0.25) is 0 Å². The van der Waals surface area contributed by atoms with Gasteiger partial charge in [0.25, 0.3) is 0 Å². The summed E-state index contributed by atoms with van der Waals surface area (Å²) in [7, 11) is 0. The average molecular weight is 325 g/mol. The van der Waals surface area contributed by atoms with Crippen LogP contribution >= 0.6 is 27.3 Å². The smallest absolute Gasteiger partial charge is 0.236 e. The largest absolute Gasteiger partial charge is 0.312 e. The number of thiophene rings is 1. The minimum Gasteiger partial charge on any atom is -0.312 e. The molecule has 2 aromatic heterocycles. The molecule has 0 amide bonds. The standard InChI is InChI=1S/C13H13BrN2OS/c14-12-6-9-8-15-4-3-11(9)16(12)13(17)7-10-2-1-5-18-10/h1-2,5-6,15H,3-4,7-8H2. The summed E-state index contributed by atoms with van der Waals surface area (Å²) in [6, 6.07) is 6.04. The Morgan fingerprint density at radius 2 is 2.44 bits per heavy atom. The molecule has 0 fully saturated rings. The van der Waals surface area contributed by atoms with Gasteiger partial charge in [0.1, 0.15) is 0 Å². The lowest BCUT2D eigenvalue weighted by Crippen LogP contribution is -2.26. The number of carbonyl (C=O) groups excluding carboxylic acids is 1. The van der Waals surface area contributed by atoms with Crippen LogP contribution in [0.5, 0.6) is 0 Å². The lowest BCUT2D eigenvalue weighted by Gasteiger charge is -2.16. The number of fused-ring (bicyclic) bond motifs is 1. The third-order valence-corrected chi connectivity index (χ3v) is 4.62. The van der Waals surface area contributed by atoms with Gasteiger partial charge >= 0.3 is 0 Å². The second-order valence-corrected chi connectivity index (χ2v) is 6.20. The highest BCUT2D eigenvalue weighted by Crippen LogP contribution is 2.24. The van der Waals surface area contributed by atoms with Crippen LogP contribution in [-0.4, -0.2) is 17.0 Å². The van der Waals surface area contributed by atoms with Crippen molar-refractivity contribution in [3.05, 3.63) is 44.3 Å². The predicted octanol–water partition coefficient (Wildman–Crippen LogP) is 2.84. The summed E-state index contributed by atoms with van der Waals surface area (Å²) >= 11 is 5.13. The van der Waals surface area contributed by atoms with Crippen molar-refractivity contribution < 1.29 is 4.79 Å². The van der Waals surface area contributed by atoms with Crippen molar-refractivity contribution in [3.8, 4) is 0 Å². The van der Waals surface area contributed by atoms with Gasteiger partial charge in [-0.1, -0.05) is 6.07 Å². The van der Waals surface area contributed by atoms with E-state index in [1.807, 2.05) is 28.1 Å². The van der Waals surface area contributed by atoms with Crippen LogP contribution in [0.1, 0.15) is 20.9 Å². The maximum Gasteiger partial charge on any atom is 0.236 e. The Labute approximate surface area is 118 Å². The fourth-order valence-corrected chi connectivity index (χ4v) is 3.71. The second kappa shape index (κ2) is 4.99. The van der Waals surface area contributed by atoms with Crippen molar-refractivity contribution in [2.45, 2.75) is 19.4 Å². The van der Waals surface area contributed by atoms with Gasteiger partial charge in [0, 0.05) is 30.1 Å². The number of nitrogens with zero attached hydrogens (tertiary/aromatic N) is 1. The minimum absolute atomic E-state index is 0.146. The highest BCUT2D eigenvalue weighted by Gasteiger charge is 2.21. The molecule has 1 N–H and O–H groups in total. The van der Waals surface area contributed by atoms with Gasteiger partial charge in [-0.25, -0.2) is 0 Å². The minimum atomic E-state index is 0.146. The Balaban J connectivity index is 1.91. The third kappa shape index (κ3) is 2.18. The Morgan fingerprint density at radius 1 is 1.56 bits per heavy atom. The van der Waals surface area contributed by atoms with Crippen LogP contribution < -0.4 is 5.32 Å². The Bertz CT molecular complexity index is 574. The summed E-state index contributed by atoms with van der Waals surface area (Å²) in [5, 5.41) is 5.33. The molecule has 5 heteroatoms. The average Bonchev–Trinajstić information content (AvgIpc) is 2.94. The van der Waals surface area contributed by atoms with Gasteiger partial charge in [0.05, 0.1) is 11.0 Å². The van der Waals surface area contributed by atoms with Crippen molar-refractivity contribution in [1.29, 1.82) is 0 Å². The zero-order valence-electron chi connectivity index (χ0n) is 9.78. The van der Waals surface area contributed by atoms with Crippen LogP contribution in [0.15, 0.2) is 28.2 Å². The van der Waals surface area contributed by atoms with Gasteiger partial charge in [-0.2, -0.15) is 0 Å². The molecule has 1 aliphatic heterocycles. The van der Waals surface area contributed by atoms with Crippen molar-refractivity contribution >= 4 is 33.2 Å². The molecular formula is C13H13BrN2OS. The number of rotatable bonds is 2. The zero-order chi connectivity index (χ0) is 12.5. The maximum atomic E-state index is 12.4. The third-order valence-electron chi connectivity index (χ3n) is 3.16. The number of hydrogen-bond donors (Lipinski definition) is 1. The van der Waals surface area contributed by atoms with Gasteiger partial charge in [0.2, 0.25) is 5.91 Å². The van der Waals surface area contributed by atoms with E-state index in [4.69, 9.17) is 0 Å². The highest BCUT2D eigenvalue weighted by atomic mass is 79.9. The Kier molecular flexibility index (Phi) is 3.37. The van der Waals surface area contributed by atoms with Crippen LogP contribution in [0.3, 0.4) is 0 Å². The molecule has 18 heavy (non-hydrogen) atoms. The van der Waals surface area contributed by atoms with Gasteiger partial charge in [0.15, 0.2) is 0 Å². The highest BCUT2D eigenvalue weighted by molar-refractivity contribution is 9.10. The molecule has 3 nitrogen and oxygen atoms in total. The van der Waals surface area contributed by atoms with E-state index in [0.717, 1.165) is 34.7 Å². The van der Waals surface area contributed by atoms with Crippen LogP contribution in [0.25, 0.3) is 0 Å². The van der Waals surface area contributed by atoms with E-state index in [0.29, 0.717) is 6.42 Å². The summed E-state index contributed by atoms with van der Waals surface area (Å²) in [6.07, 6.45) is 1.39. The normalized spacial score (nSPS) is 14.5. The quantitative estimate of drug-likeness (QED) is 0.921. The molecule has 0 saturated heterocycles. The molecule has 3 heterocycles. The lowest BCUT2D eigenvalue weighted by atomic mass is 10.1. The molecule has 1 aliphatic rings. The number of hydrogen-bond acceptors (Lipinski definition) is 3. The summed E-state index contributed by atoms with van der Waals surface area (Å²) < 4.78 is 2.70. The summed E-state index contributed by atoms with van der Waals surface area (Å²) in [6.45, 7) is 1.79. The number of carbonyl (C=O) groups is 1. The van der Waals surface area contributed by atoms with Crippen LogP contribution in [0, 0.1) is 0 Å². The molecule has 0 bridgehead atoms. The summed E-state index contributed by atoms with van der Waals surface area (Å²) in [5.41, 5.74) is 2.38. The van der Waals surface area contributed by atoms with E-state index in [2.05, 4.69) is 21.2 Å². The van der Waals surface area contributed by atoms with Gasteiger partial charge < -0.3 is 5.32 Å². The molecule has 3 rings (SSSR count). The van der Waals surface area contributed by atoms with E-state index in [-0.39, 0.29) is 5.91 Å². The first-order valence-electron chi connectivity index (χ1n) is 5.91.